The number of benzene rings is 1. The van der Waals surface area contributed by atoms with Gasteiger partial charge in [0.15, 0.2) is 0 Å². The van der Waals surface area contributed by atoms with Gasteiger partial charge in [0.1, 0.15) is 10.5 Å². The summed E-state index contributed by atoms with van der Waals surface area (Å²) in [4.78, 5) is 12.0. The summed E-state index contributed by atoms with van der Waals surface area (Å²) in [6, 6.07) is 3.95. The summed E-state index contributed by atoms with van der Waals surface area (Å²) in [5.74, 6) is -0.0913. The van der Waals surface area contributed by atoms with Gasteiger partial charge in [0.05, 0.1) is 12.0 Å². The van der Waals surface area contributed by atoms with Crippen LogP contribution in [0.1, 0.15) is 25.0 Å². The first kappa shape index (κ1) is 13.9. The topological polar surface area (TPSA) is 46.5 Å². The van der Waals surface area contributed by atoms with Crippen LogP contribution in [0.3, 0.4) is 0 Å². The summed E-state index contributed by atoms with van der Waals surface area (Å²) in [5.41, 5.74) is 2.15. The molecule has 0 saturated carbocycles. The van der Waals surface area contributed by atoms with Gasteiger partial charge in [-0.3, -0.25) is 4.79 Å². The van der Waals surface area contributed by atoms with E-state index in [2.05, 4.69) is 0 Å². The Balaban J connectivity index is 3.18. The largest absolute Gasteiger partial charge is 0.496 e. The molecule has 0 amide bonds. The van der Waals surface area contributed by atoms with Crippen molar-refractivity contribution >= 4 is 17.7 Å². The maximum atomic E-state index is 11.1. The van der Waals surface area contributed by atoms with Crippen molar-refractivity contribution < 1.29 is 14.6 Å². The molecule has 94 valence electrons. The average Bonchev–Trinajstić information content (AvgIpc) is 2.21. The highest BCUT2D eigenvalue weighted by Crippen LogP contribution is 2.41. The number of rotatable bonds is 4. The molecule has 1 rings (SSSR count). The Morgan fingerprint density at radius 3 is 2.41 bits per heavy atom. The van der Waals surface area contributed by atoms with Gasteiger partial charge in [-0.05, 0) is 44.9 Å². The monoisotopic (exact) mass is 254 g/mol. The van der Waals surface area contributed by atoms with Crippen molar-refractivity contribution in [3.63, 3.8) is 0 Å². The molecule has 0 spiro atoms. The van der Waals surface area contributed by atoms with Crippen LogP contribution >= 0.6 is 11.8 Å². The van der Waals surface area contributed by atoms with E-state index in [0.29, 0.717) is 0 Å². The van der Waals surface area contributed by atoms with Gasteiger partial charge in [0.25, 0.3) is 0 Å². The molecule has 1 aromatic carbocycles. The number of aliphatic carboxylic acids is 1. The standard InChI is InChI=1S/C13H18O3S/c1-8-6-9(2)11(10(7-8)16-5)17-13(3,4)12(14)15/h6-7H,1-5H3,(H,14,15). The molecule has 4 heteroatoms. The highest BCUT2D eigenvalue weighted by atomic mass is 32.2. The van der Waals surface area contributed by atoms with Crippen molar-refractivity contribution in [1.29, 1.82) is 0 Å². The summed E-state index contributed by atoms with van der Waals surface area (Å²) >= 11 is 1.32. The first-order valence-corrected chi connectivity index (χ1v) is 6.17. The molecule has 0 aliphatic carbocycles. The molecule has 0 fully saturated rings. The van der Waals surface area contributed by atoms with Gasteiger partial charge >= 0.3 is 5.97 Å². The van der Waals surface area contributed by atoms with Crippen molar-refractivity contribution in [2.45, 2.75) is 37.3 Å². The van der Waals surface area contributed by atoms with Crippen LogP contribution in [-0.2, 0) is 4.79 Å². The Hall–Kier alpha value is -1.16. The first-order chi connectivity index (χ1) is 7.77. The van der Waals surface area contributed by atoms with Crippen LogP contribution < -0.4 is 4.74 Å². The second-order valence-corrected chi connectivity index (χ2v) is 6.16. The lowest BCUT2D eigenvalue weighted by molar-refractivity contribution is -0.138. The van der Waals surface area contributed by atoms with Crippen LogP contribution in [0.4, 0.5) is 0 Å². The zero-order chi connectivity index (χ0) is 13.2. The number of ether oxygens (including phenoxy) is 1. The van der Waals surface area contributed by atoms with E-state index < -0.39 is 10.7 Å². The highest BCUT2D eigenvalue weighted by Gasteiger charge is 2.30. The van der Waals surface area contributed by atoms with Gasteiger partial charge in [0, 0.05) is 0 Å². The molecule has 0 radical (unpaired) electrons. The molecular weight excluding hydrogens is 236 g/mol. The van der Waals surface area contributed by atoms with Crippen LogP contribution in [-0.4, -0.2) is 22.9 Å². The maximum absolute atomic E-state index is 11.1. The van der Waals surface area contributed by atoms with E-state index in [1.807, 2.05) is 26.0 Å². The fraction of sp³-hybridized carbons (Fsp3) is 0.462. The molecule has 0 saturated heterocycles. The smallest absolute Gasteiger partial charge is 0.319 e. The lowest BCUT2D eigenvalue weighted by atomic mass is 10.1. The number of carbonyl (C=O) groups is 1. The quantitative estimate of drug-likeness (QED) is 0.838. The SMILES string of the molecule is COc1cc(C)cc(C)c1SC(C)(C)C(=O)O. The Kier molecular flexibility index (Phi) is 4.09. The molecule has 0 heterocycles. The van der Waals surface area contributed by atoms with E-state index in [1.165, 1.54) is 11.8 Å². The van der Waals surface area contributed by atoms with Crippen LogP contribution in [0.2, 0.25) is 0 Å². The van der Waals surface area contributed by atoms with Crippen molar-refractivity contribution in [2.24, 2.45) is 0 Å². The fourth-order valence-corrected chi connectivity index (χ4v) is 2.56. The van der Waals surface area contributed by atoms with Crippen molar-refractivity contribution in [3.8, 4) is 5.75 Å². The van der Waals surface area contributed by atoms with Gasteiger partial charge in [-0.1, -0.05) is 6.07 Å². The third-order valence-electron chi connectivity index (χ3n) is 2.48. The summed E-state index contributed by atoms with van der Waals surface area (Å²) in [6.45, 7) is 7.35. The minimum absolute atomic E-state index is 0.738. The Morgan fingerprint density at radius 1 is 1.35 bits per heavy atom. The molecule has 0 aliphatic heterocycles. The molecule has 1 aromatic rings. The molecule has 0 atom stereocenters. The van der Waals surface area contributed by atoms with Gasteiger partial charge in [-0.2, -0.15) is 0 Å². The Labute approximate surface area is 106 Å². The first-order valence-electron chi connectivity index (χ1n) is 5.35. The second kappa shape index (κ2) is 5.00. The summed E-state index contributed by atoms with van der Waals surface area (Å²) < 4.78 is 4.45. The molecular formula is C13H18O3S. The van der Waals surface area contributed by atoms with Gasteiger partial charge in [-0.25, -0.2) is 0 Å². The fourth-order valence-electron chi connectivity index (χ4n) is 1.50. The summed E-state index contributed by atoms with van der Waals surface area (Å²) in [7, 11) is 1.60. The van der Waals surface area contributed by atoms with E-state index >= 15 is 0 Å². The van der Waals surface area contributed by atoms with Crippen molar-refractivity contribution in [2.75, 3.05) is 7.11 Å². The molecule has 0 bridgehead atoms. The normalized spacial score (nSPS) is 11.4. The van der Waals surface area contributed by atoms with E-state index in [1.54, 1.807) is 21.0 Å². The van der Waals surface area contributed by atoms with Crippen molar-refractivity contribution in [1.82, 2.24) is 0 Å². The number of aryl methyl sites for hydroxylation is 2. The number of methoxy groups -OCH3 is 1. The zero-order valence-electron chi connectivity index (χ0n) is 10.8. The van der Waals surface area contributed by atoms with Crippen LogP contribution in [0.5, 0.6) is 5.75 Å². The van der Waals surface area contributed by atoms with E-state index in [0.717, 1.165) is 21.8 Å². The maximum Gasteiger partial charge on any atom is 0.319 e. The number of hydrogen-bond acceptors (Lipinski definition) is 3. The zero-order valence-corrected chi connectivity index (χ0v) is 11.6. The highest BCUT2D eigenvalue weighted by molar-refractivity contribution is 8.01. The predicted octanol–water partition coefficient (Wildman–Crippen LogP) is 3.27. The van der Waals surface area contributed by atoms with Gasteiger partial charge in [0.2, 0.25) is 0 Å². The predicted molar refractivity (Wildman–Crippen MR) is 70.0 cm³/mol. The minimum atomic E-state index is -0.868. The number of hydrogen-bond donors (Lipinski definition) is 1. The lowest BCUT2D eigenvalue weighted by Gasteiger charge is -2.21. The van der Waals surface area contributed by atoms with Crippen LogP contribution in [0.25, 0.3) is 0 Å². The molecule has 17 heavy (non-hydrogen) atoms. The lowest BCUT2D eigenvalue weighted by Crippen LogP contribution is -2.27. The molecule has 0 aromatic heterocycles. The summed E-state index contributed by atoms with van der Waals surface area (Å²) in [5, 5.41) is 9.15. The average molecular weight is 254 g/mol. The second-order valence-electron chi connectivity index (χ2n) is 4.53. The molecule has 1 N–H and O–H groups in total. The van der Waals surface area contributed by atoms with Crippen LogP contribution in [0.15, 0.2) is 17.0 Å². The Bertz CT molecular complexity index is 439. The minimum Gasteiger partial charge on any atom is -0.496 e. The third kappa shape index (κ3) is 3.16. The van der Waals surface area contributed by atoms with Crippen molar-refractivity contribution in [3.05, 3.63) is 23.3 Å². The number of carboxylic acids is 1. The third-order valence-corrected chi connectivity index (χ3v) is 3.89. The Morgan fingerprint density at radius 2 is 1.94 bits per heavy atom. The van der Waals surface area contributed by atoms with Gasteiger partial charge < -0.3 is 9.84 Å². The molecule has 0 unspecified atom stereocenters. The number of carboxylic acid groups (broad SMARTS) is 1. The van der Waals surface area contributed by atoms with E-state index in [4.69, 9.17) is 9.84 Å². The summed E-state index contributed by atoms with van der Waals surface area (Å²) in [6.07, 6.45) is 0. The molecule has 3 nitrogen and oxygen atoms in total. The van der Waals surface area contributed by atoms with E-state index in [9.17, 15) is 4.79 Å². The number of thioether (sulfide) groups is 1. The van der Waals surface area contributed by atoms with Gasteiger partial charge in [-0.15, -0.1) is 11.8 Å². The van der Waals surface area contributed by atoms with E-state index in [-0.39, 0.29) is 0 Å². The molecule has 0 aliphatic rings. The van der Waals surface area contributed by atoms with Crippen LogP contribution in [0, 0.1) is 13.8 Å².